The van der Waals surface area contributed by atoms with Crippen molar-refractivity contribution in [3.63, 3.8) is 0 Å². The van der Waals surface area contributed by atoms with Gasteiger partial charge in [0.25, 0.3) is 0 Å². The predicted molar refractivity (Wildman–Crippen MR) is 64.5 cm³/mol. The van der Waals surface area contributed by atoms with Crippen molar-refractivity contribution in [1.82, 2.24) is 15.5 Å². The summed E-state index contributed by atoms with van der Waals surface area (Å²) in [6, 6.07) is -0.191. The standard InChI is InChI=1S/C12H21N3O2/c16-11(15-7-3-4-8-15)9-14-10-5-1-2-6-13-12(10)17/h10,14H,1-9H2,(H,13,17). The van der Waals surface area contributed by atoms with Gasteiger partial charge in [-0.2, -0.15) is 0 Å². The van der Waals surface area contributed by atoms with Crippen LogP contribution in [0.5, 0.6) is 0 Å². The molecule has 2 fully saturated rings. The molecule has 0 aromatic carbocycles. The first kappa shape index (κ1) is 12.4. The molecule has 5 heteroatoms. The third-order valence-corrected chi connectivity index (χ3v) is 3.49. The third-order valence-electron chi connectivity index (χ3n) is 3.49. The van der Waals surface area contributed by atoms with Crippen molar-refractivity contribution in [3.8, 4) is 0 Å². The van der Waals surface area contributed by atoms with Gasteiger partial charge in [0, 0.05) is 19.6 Å². The topological polar surface area (TPSA) is 61.4 Å². The number of nitrogens with one attached hydrogen (secondary N) is 2. The molecule has 0 aliphatic carbocycles. The Morgan fingerprint density at radius 1 is 1.29 bits per heavy atom. The molecule has 2 N–H and O–H groups in total. The fourth-order valence-corrected chi connectivity index (χ4v) is 2.42. The highest BCUT2D eigenvalue weighted by Gasteiger charge is 2.23. The lowest BCUT2D eigenvalue weighted by Gasteiger charge is -2.19. The summed E-state index contributed by atoms with van der Waals surface area (Å²) < 4.78 is 0. The molecular formula is C12H21N3O2. The zero-order valence-corrected chi connectivity index (χ0v) is 10.2. The summed E-state index contributed by atoms with van der Waals surface area (Å²) >= 11 is 0. The van der Waals surface area contributed by atoms with E-state index in [0.29, 0.717) is 0 Å². The zero-order valence-electron chi connectivity index (χ0n) is 10.2. The number of hydrogen-bond donors (Lipinski definition) is 2. The number of carbonyl (C=O) groups excluding carboxylic acids is 2. The minimum atomic E-state index is -0.191. The Balaban J connectivity index is 1.75. The van der Waals surface area contributed by atoms with Gasteiger partial charge in [-0.1, -0.05) is 0 Å². The maximum absolute atomic E-state index is 11.8. The molecule has 1 atom stereocenters. The van der Waals surface area contributed by atoms with E-state index < -0.39 is 0 Å². The second-order valence-electron chi connectivity index (χ2n) is 4.81. The van der Waals surface area contributed by atoms with Crippen LogP contribution < -0.4 is 10.6 Å². The van der Waals surface area contributed by atoms with E-state index in [9.17, 15) is 9.59 Å². The molecule has 0 radical (unpaired) electrons. The minimum absolute atomic E-state index is 0.0386. The van der Waals surface area contributed by atoms with Gasteiger partial charge < -0.3 is 10.2 Å². The van der Waals surface area contributed by atoms with Gasteiger partial charge in [-0.25, -0.2) is 0 Å². The summed E-state index contributed by atoms with van der Waals surface area (Å²) in [5, 5.41) is 5.95. The molecular weight excluding hydrogens is 218 g/mol. The van der Waals surface area contributed by atoms with Gasteiger partial charge in [-0.15, -0.1) is 0 Å². The Morgan fingerprint density at radius 2 is 2.06 bits per heavy atom. The van der Waals surface area contributed by atoms with E-state index in [-0.39, 0.29) is 24.4 Å². The summed E-state index contributed by atoms with van der Waals surface area (Å²) in [7, 11) is 0. The van der Waals surface area contributed by atoms with Gasteiger partial charge in [0.15, 0.2) is 0 Å². The zero-order chi connectivity index (χ0) is 12.1. The Kier molecular flexibility index (Phi) is 4.36. The van der Waals surface area contributed by atoms with Crippen molar-refractivity contribution in [2.24, 2.45) is 0 Å². The molecule has 96 valence electrons. The van der Waals surface area contributed by atoms with Gasteiger partial charge in [0.05, 0.1) is 12.6 Å². The summed E-state index contributed by atoms with van der Waals surface area (Å²) in [5.41, 5.74) is 0. The van der Waals surface area contributed by atoms with Crippen molar-refractivity contribution in [2.75, 3.05) is 26.2 Å². The molecule has 1 unspecified atom stereocenters. The highest BCUT2D eigenvalue weighted by atomic mass is 16.2. The fourth-order valence-electron chi connectivity index (χ4n) is 2.42. The van der Waals surface area contributed by atoms with Crippen molar-refractivity contribution in [1.29, 1.82) is 0 Å². The van der Waals surface area contributed by atoms with E-state index in [0.717, 1.165) is 51.7 Å². The number of nitrogens with zero attached hydrogens (tertiary/aromatic N) is 1. The van der Waals surface area contributed by atoms with Gasteiger partial charge in [0.2, 0.25) is 11.8 Å². The summed E-state index contributed by atoms with van der Waals surface area (Å²) in [5.74, 6) is 0.163. The molecule has 0 spiro atoms. The molecule has 0 aromatic heterocycles. The second kappa shape index (κ2) is 6.00. The smallest absolute Gasteiger partial charge is 0.237 e. The van der Waals surface area contributed by atoms with Crippen LogP contribution in [0.2, 0.25) is 0 Å². The average molecular weight is 239 g/mol. The lowest BCUT2D eigenvalue weighted by molar-refractivity contribution is -0.129. The Morgan fingerprint density at radius 3 is 2.82 bits per heavy atom. The summed E-state index contributed by atoms with van der Waals surface area (Å²) in [4.78, 5) is 25.3. The highest BCUT2D eigenvalue weighted by molar-refractivity contribution is 5.83. The van der Waals surface area contributed by atoms with Crippen LogP contribution in [0.15, 0.2) is 0 Å². The summed E-state index contributed by atoms with van der Waals surface area (Å²) in [6.07, 6.45) is 5.11. The predicted octanol–water partition coefficient (Wildman–Crippen LogP) is -0.133. The Bertz CT molecular complexity index is 287. The van der Waals surface area contributed by atoms with Crippen molar-refractivity contribution in [2.45, 2.75) is 38.1 Å². The van der Waals surface area contributed by atoms with Crippen molar-refractivity contribution >= 4 is 11.8 Å². The quantitative estimate of drug-likeness (QED) is 0.721. The first-order chi connectivity index (χ1) is 8.27. The molecule has 17 heavy (non-hydrogen) atoms. The van der Waals surface area contributed by atoms with Crippen LogP contribution in [0, 0.1) is 0 Å². The molecule has 2 amide bonds. The SMILES string of the molecule is O=C1NCCCCC1NCC(=O)N1CCCC1. The fraction of sp³-hybridized carbons (Fsp3) is 0.833. The number of rotatable bonds is 3. The normalized spacial score (nSPS) is 25.5. The number of likely N-dealkylation sites (tertiary alicyclic amines) is 1. The lowest BCUT2D eigenvalue weighted by Crippen LogP contribution is -2.47. The molecule has 0 bridgehead atoms. The molecule has 0 saturated carbocycles. The van der Waals surface area contributed by atoms with Gasteiger partial charge in [0.1, 0.15) is 0 Å². The molecule has 5 nitrogen and oxygen atoms in total. The van der Waals surface area contributed by atoms with E-state index in [1.54, 1.807) is 0 Å². The molecule has 2 rings (SSSR count). The van der Waals surface area contributed by atoms with Crippen LogP contribution in [0.25, 0.3) is 0 Å². The van der Waals surface area contributed by atoms with Gasteiger partial charge in [-0.3, -0.25) is 14.9 Å². The van der Waals surface area contributed by atoms with Crippen LogP contribution >= 0.6 is 0 Å². The maximum atomic E-state index is 11.8. The van der Waals surface area contributed by atoms with E-state index in [1.807, 2.05) is 4.90 Å². The maximum Gasteiger partial charge on any atom is 0.237 e. The van der Waals surface area contributed by atoms with E-state index in [2.05, 4.69) is 10.6 Å². The van der Waals surface area contributed by atoms with Crippen molar-refractivity contribution in [3.05, 3.63) is 0 Å². The second-order valence-corrected chi connectivity index (χ2v) is 4.81. The highest BCUT2D eigenvalue weighted by Crippen LogP contribution is 2.08. The van der Waals surface area contributed by atoms with Crippen LogP contribution in [-0.2, 0) is 9.59 Å². The molecule has 2 aliphatic heterocycles. The lowest BCUT2D eigenvalue weighted by atomic mass is 10.1. The van der Waals surface area contributed by atoms with Crippen LogP contribution in [0.1, 0.15) is 32.1 Å². The largest absolute Gasteiger partial charge is 0.355 e. The van der Waals surface area contributed by atoms with Crippen molar-refractivity contribution < 1.29 is 9.59 Å². The first-order valence-electron chi connectivity index (χ1n) is 6.56. The molecule has 0 aromatic rings. The average Bonchev–Trinajstić information content (AvgIpc) is 2.78. The van der Waals surface area contributed by atoms with Crippen LogP contribution in [0.3, 0.4) is 0 Å². The Labute approximate surface area is 102 Å². The Hall–Kier alpha value is -1.10. The molecule has 2 aliphatic rings. The summed E-state index contributed by atoms with van der Waals surface area (Å²) in [6.45, 7) is 2.80. The number of amides is 2. The van der Waals surface area contributed by atoms with E-state index >= 15 is 0 Å². The van der Waals surface area contributed by atoms with Crippen LogP contribution in [-0.4, -0.2) is 48.9 Å². The van der Waals surface area contributed by atoms with Crippen LogP contribution in [0.4, 0.5) is 0 Å². The molecule has 2 saturated heterocycles. The first-order valence-corrected chi connectivity index (χ1v) is 6.56. The number of carbonyl (C=O) groups is 2. The van der Waals surface area contributed by atoms with E-state index in [4.69, 9.17) is 0 Å². The minimum Gasteiger partial charge on any atom is -0.355 e. The monoisotopic (exact) mass is 239 g/mol. The molecule has 2 heterocycles. The van der Waals surface area contributed by atoms with E-state index in [1.165, 1.54) is 0 Å². The van der Waals surface area contributed by atoms with Gasteiger partial charge in [-0.05, 0) is 32.1 Å². The third kappa shape index (κ3) is 3.43. The number of hydrogen-bond acceptors (Lipinski definition) is 3. The van der Waals surface area contributed by atoms with Gasteiger partial charge >= 0.3 is 0 Å².